The summed E-state index contributed by atoms with van der Waals surface area (Å²) < 4.78 is 5.84. The number of ether oxygens (including phenoxy) is 1. The molecule has 3 aromatic rings. The summed E-state index contributed by atoms with van der Waals surface area (Å²) in [4.78, 5) is 19.1. The van der Waals surface area contributed by atoms with Gasteiger partial charge in [0.25, 0.3) is 0 Å². The van der Waals surface area contributed by atoms with Gasteiger partial charge in [-0.3, -0.25) is 4.90 Å². The molecule has 0 bridgehead atoms. The van der Waals surface area contributed by atoms with Gasteiger partial charge in [-0.2, -0.15) is 0 Å². The third kappa shape index (κ3) is 4.05. The second-order valence-corrected chi connectivity index (χ2v) is 8.01. The number of amides is 1. The molecule has 0 saturated carbocycles. The van der Waals surface area contributed by atoms with Crippen LogP contribution in [0.5, 0.6) is 0 Å². The van der Waals surface area contributed by atoms with E-state index in [0.717, 1.165) is 11.6 Å². The molecule has 1 N–H and O–H groups in total. The van der Waals surface area contributed by atoms with E-state index in [2.05, 4.69) is 46.7 Å². The van der Waals surface area contributed by atoms with Crippen molar-refractivity contribution in [1.82, 2.24) is 15.2 Å². The summed E-state index contributed by atoms with van der Waals surface area (Å²) in [6.07, 6.45) is 1.52. The molecule has 2 aliphatic rings. The largest absolute Gasteiger partial charge is 0.448 e. The predicted octanol–water partition coefficient (Wildman–Crippen LogP) is 4.88. The summed E-state index contributed by atoms with van der Waals surface area (Å²) in [5, 5.41) is 6.24. The normalized spacial score (nSPS) is 17.3. The average Bonchev–Trinajstić information content (AvgIpc) is 3.39. The van der Waals surface area contributed by atoms with Crippen LogP contribution < -0.4 is 5.32 Å². The Morgan fingerprint density at radius 3 is 2.40 bits per heavy atom. The lowest BCUT2D eigenvalue weighted by Gasteiger charge is -2.34. The van der Waals surface area contributed by atoms with E-state index >= 15 is 0 Å². The molecular formula is C22H23Cl2N3O2S. The standard InChI is InChI=1S/C22H21N3O2S.2ClH/c26-22(25-11-9-23-13-20(25)21-24-10-12-28-21)27-14-19-17-7-3-1-5-15(17)16-6-2-4-8-18(16)19;;/h1-8,10,12,19-20,23H,9,11,13-14H2;2*1H. The van der Waals surface area contributed by atoms with E-state index in [1.165, 1.54) is 22.3 Å². The smallest absolute Gasteiger partial charge is 0.410 e. The first-order valence-electron chi connectivity index (χ1n) is 9.54. The molecule has 1 saturated heterocycles. The third-order valence-corrected chi connectivity index (χ3v) is 6.43. The number of fused-ring (bicyclic) bond motifs is 3. The van der Waals surface area contributed by atoms with Crippen LogP contribution in [0.1, 0.15) is 28.1 Å². The Balaban J connectivity index is 0.00000128. The molecule has 1 fully saturated rings. The van der Waals surface area contributed by atoms with E-state index in [1.54, 1.807) is 17.5 Å². The third-order valence-electron chi connectivity index (χ3n) is 5.55. The van der Waals surface area contributed by atoms with Crippen molar-refractivity contribution in [2.24, 2.45) is 0 Å². The number of hydrogen-bond acceptors (Lipinski definition) is 5. The highest BCUT2D eigenvalue weighted by molar-refractivity contribution is 7.09. The first kappa shape index (κ1) is 22.6. The number of carbonyl (C=O) groups excluding carboxylic acids is 1. The number of nitrogens with one attached hydrogen (secondary N) is 1. The lowest BCUT2D eigenvalue weighted by Crippen LogP contribution is -2.49. The minimum Gasteiger partial charge on any atom is -0.448 e. The first-order chi connectivity index (χ1) is 13.8. The van der Waals surface area contributed by atoms with Crippen LogP contribution in [0.4, 0.5) is 4.79 Å². The van der Waals surface area contributed by atoms with Crippen LogP contribution >= 0.6 is 36.2 Å². The molecule has 1 atom stereocenters. The first-order valence-corrected chi connectivity index (χ1v) is 10.4. The molecule has 1 aromatic heterocycles. The Morgan fingerprint density at radius 1 is 1.10 bits per heavy atom. The van der Waals surface area contributed by atoms with Gasteiger partial charge in [0.05, 0.1) is 6.04 Å². The van der Waals surface area contributed by atoms with Gasteiger partial charge >= 0.3 is 6.09 Å². The van der Waals surface area contributed by atoms with E-state index in [4.69, 9.17) is 4.74 Å². The van der Waals surface area contributed by atoms with Crippen LogP contribution in [0.25, 0.3) is 11.1 Å². The lowest BCUT2D eigenvalue weighted by molar-refractivity contribution is 0.0752. The van der Waals surface area contributed by atoms with Crippen LogP contribution in [0.15, 0.2) is 60.1 Å². The Bertz CT molecular complexity index is 954. The van der Waals surface area contributed by atoms with E-state index in [-0.39, 0.29) is 42.9 Å². The van der Waals surface area contributed by atoms with Crippen molar-refractivity contribution in [3.05, 3.63) is 76.2 Å². The quantitative estimate of drug-likeness (QED) is 0.600. The van der Waals surface area contributed by atoms with Crippen LogP contribution in [0.3, 0.4) is 0 Å². The van der Waals surface area contributed by atoms with Gasteiger partial charge in [-0.25, -0.2) is 9.78 Å². The zero-order chi connectivity index (χ0) is 18.9. The molecule has 1 amide bonds. The maximum atomic E-state index is 12.9. The molecule has 30 heavy (non-hydrogen) atoms. The SMILES string of the molecule is Cl.Cl.O=C(OCC1c2ccccc2-c2ccccc21)N1CCNCC1c1nccs1. The summed E-state index contributed by atoms with van der Waals surface area (Å²) >= 11 is 1.57. The number of thiazole rings is 1. The molecule has 5 nitrogen and oxygen atoms in total. The molecule has 2 aromatic carbocycles. The number of halogens is 2. The fraction of sp³-hybridized carbons (Fsp3) is 0.273. The Morgan fingerprint density at radius 2 is 1.77 bits per heavy atom. The summed E-state index contributed by atoms with van der Waals surface area (Å²) in [6.45, 7) is 2.45. The maximum absolute atomic E-state index is 12.9. The molecular weight excluding hydrogens is 441 g/mol. The summed E-state index contributed by atoms with van der Waals surface area (Å²) in [5.74, 6) is 0.0811. The average molecular weight is 464 g/mol. The maximum Gasteiger partial charge on any atom is 0.410 e. The van der Waals surface area contributed by atoms with E-state index in [9.17, 15) is 4.79 Å². The Hall–Kier alpha value is -2.12. The van der Waals surface area contributed by atoms with Crippen molar-refractivity contribution < 1.29 is 9.53 Å². The number of benzene rings is 2. The molecule has 0 spiro atoms. The van der Waals surface area contributed by atoms with Crippen LogP contribution in [0, 0.1) is 0 Å². The molecule has 1 aliphatic heterocycles. The second kappa shape index (κ2) is 9.79. The molecule has 1 unspecified atom stereocenters. The highest BCUT2D eigenvalue weighted by atomic mass is 35.5. The van der Waals surface area contributed by atoms with Gasteiger partial charge in [0.1, 0.15) is 11.6 Å². The van der Waals surface area contributed by atoms with E-state index in [0.29, 0.717) is 19.7 Å². The van der Waals surface area contributed by atoms with Crippen LogP contribution in [0.2, 0.25) is 0 Å². The molecule has 5 rings (SSSR count). The van der Waals surface area contributed by atoms with Gasteiger partial charge in [-0.05, 0) is 22.3 Å². The van der Waals surface area contributed by atoms with Gasteiger partial charge in [0, 0.05) is 37.1 Å². The van der Waals surface area contributed by atoms with Crippen molar-refractivity contribution >= 4 is 42.2 Å². The number of rotatable bonds is 3. The summed E-state index contributed by atoms with van der Waals surface area (Å²) in [6, 6.07) is 16.7. The van der Waals surface area contributed by atoms with E-state index < -0.39 is 0 Å². The number of aromatic nitrogens is 1. The van der Waals surface area contributed by atoms with Crippen molar-refractivity contribution in [2.45, 2.75) is 12.0 Å². The number of carbonyl (C=O) groups is 1. The minimum absolute atomic E-state index is 0. The van der Waals surface area contributed by atoms with Gasteiger partial charge in [-0.1, -0.05) is 48.5 Å². The summed E-state index contributed by atoms with van der Waals surface area (Å²) in [5.41, 5.74) is 4.94. The van der Waals surface area contributed by atoms with Crippen molar-refractivity contribution in [1.29, 1.82) is 0 Å². The lowest BCUT2D eigenvalue weighted by atomic mass is 9.98. The highest BCUT2D eigenvalue weighted by Gasteiger charge is 2.33. The number of nitrogens with zero attached hydrogens (tertiary/aromatic N) is 2. The molecule has 1 aliphatic carbocycles. The van der Waals surface area contributed by atoms with Crippen molar-refractivity contribution in [2.75, 3.05) is 26.2 Å². The van der Waals surface area contributed by atoms with E-state index in [1.807, 2.05) is 22.4 Å². The van der Waals surface area contributed by atoms with Crippen LogP contribution in [-0.2, 0) is 4.74 Å². The monoisotopic (exact) mass is 463 g/mol. The molecule has 158 valence electrons. The zero-order valence-corrected chi connectivity index (χ0v) is 18.6. The minimum atomic E-state index is -0.261. The fourth-order valence-electron chi connectivity index (χ4n) is 4.22. The van der Waals surface area contributed by atoms with Crippen molar-refractivity contribution in [3.63, 3.8) is 0 Å². The molecule has 0 radical (unpaired) electrons. The van der Waals surface area contributed by atoms with Gasteiger partial charge < -0.3 is 10.1 Å². The van der Waals surface area contributed by atoms with Gasteiger partial charge in [-0.15, -0.1) is 36.2 Å². The summed E-state index contributed by atoms with van der Waals surface area (Å²) in [7, 11) is 0. The van der Waals surface area contributed by atoms with Crippen LogP contribution in [-0.4, -0.2) is 42.2 Å². The fourth-order valence-corrected chi connectivity index (χ4v) is 4.97. The number of hydrogen-bond donors (Lipinski definition) is 1. The Labute approximate surface area is 192 Å². The van der Waals surface area contributed by atoms with Gasteiger partial charge in [0.15, 0.2) is 0 Å². The second-order valence-electron chi connectivity index (χ2n) is 7.09. The van der Waals surface area contributed by atoms with Gasteiger partial charge in [0.2, 0.25) is 0 Å². The van der Waals surface area contributed by atoms with Crippen molar-refractivity contribution in [3.8, 4) is 11.1 Å². The highest BCUT2D eigenvalue weighted by Crippen LogP contribution is 2.44. The molecule has 8 heteroatoms. The number of piperazine rings is 1. The topological polar surface area (TPSA) is 54.5 Å². The zero-order valence-electron chi connectivity index (χ0n) is 16.2. The predicted molar refractivity (Wildman–Crippen MR) is 124 cm³/mol. The Kier molecular flexibility index (Phi) is 7.36. The molecule has 2 heterocycles.